The number of benzene rings is 2. The van der Waals surface area contributed by atoms with Crippen LogP contribution < -0.4 is 4.74 Å². The molecule has 0 amide bonds. The van der Waals surface area contributed by atoms with Crippen LogP contribution in [0.25, 0.3) is 0 Å². The minimum absolute atomic E-state index is 0.0872. The minimum atomic E-state index is -0.604. The Morgan fingerprint density at radius 2 is 1.78 bits per heavy atom. The first kappa shape index (κ1) is 20.8. The van der Waals surface area contributed by atoms with Gasteiger partial charge in [0, 0.05) is 39.3 Å². The summed E-state index contributed by atoms with van der Waals surface area (Å²) in [6, 6.07) is 17.4. The molecule has 3 aliphatic rings. The molecule has 32 heavy (non-hydrogen) atoms. The van der Waals surface area contributed by atoms with E-state index < -0.39 is 30.0 Å². The number of carbonyl (C=O) groups is 2. The molecule has 5 rings (SSSR count). The molecule has 6 nitrogen and oxygen atoms in total. The SMILES string of the molecule is C=C(C)C(=O)OC1C2CC3C1OC(=O)C3C2C(=[OH+])Oc1ccc(Sc2ccccc2)cc1. The van der Waals surface area contributed by atoms with Crippen molar-refractivity contribution < 1.29 is 28.6 Å². The van der Waals surface area contributed by atoms with Crippen molar-refractivity contribution in [1.82, 2.24) is 0 Å². The lowest BCUT2D eigenvalue weighted by Crippen LogP contribution is -2.44. The van der Waals surface area contributed by atoms with Gasteiger partial charge < -0.3 is 14.3 Å². The van der Waals surface area contributed by atoms with Crippen molar-refractivity contribution in [1.29, 1.82) is 0 Å². The Kier molecular flexibility index (Phi) is 5.29. The third-order valence-corrected chi connectivity index (χ3v) is 7.46. The summed E-state index contributed by atoms with van der Waals surface area (Å²) in [6.45, 7) is 5.19. The van der Waals surface area contributed by atoms with Gasteiger partial charge in [0.25, 0.3) is 0 Å². The van der Waals surface area contributed by atoms with Crippen LogP contribution in [0.4, 0.5) is 0 Å². The summed E-state index contributed by atoms with van der Waals surface area (Å²) in [5.74, 6) is -2.03. The van der Waals surface area contributed by atoms with E-state index in [9.17, 15) is 14.4 Å². The van der Waals surface area contributed by atoms with E-state index >= 15 is 0 Å². The summed E-state index contributed by atoms with van der Waals surface area (Å²) in [7, 11) is 0. The number of esters is 3. The van der Waals surface area contributed by atoms with Crippen LogP contribution in [0.1, 0.15) is 13.3 Å². The molecule has 0 aromatic heterocycles. The summed E-state index contributed by atoms with van der Waals surface area (Å²) in [5.41, 5.74) is 0.281. The van der Waals surface area contributed by atoms with Crippen LogP contribution >= 0.6 is 11.8 Å². The maximum atomic E-state index is 12.5. The van der Waals surface area contributed by atoms with Gasteiger partial charge in [0.05, 0.1) is 5.92 Å². The molecule has 1 N–H and O–H groups in total. The fraction of sp³-hybridized carbons (Fsp3) is 0.320. The Labute approximate surface area is 189 Å². The lowest BCUT2D eigenvalue weighted by Gasteiger charge is -2.28. The largest absolute Gasteiger partial charge is 0.493 e. The van der Waals surface area contributed by atoms with Crippen LogP contribution in [0.3, 0.4) is 0 Å². The van der Waals surface area contributed by atoms with Crippen LogP contribution in [0.5, 0.6) is 5.75 Å². The maximum absolute atomic E-state index is 12.5. The molecule has 1 heterocycles. The van der Waals surface area contributed by atoms with E-state index in [0.29, 0.717) is 12.2 Å². The maximum Gasteiger partial charge on any atom is 0.493 e. The predicted molar refractivity (Wildman–Crippen MR) is 118 cm³/mol. The van der Waals surface area contributed by atoms with E-state index in [2.05, 4.69) is 6.58 Å². The number of carbonyl (C=O) groups excluding carboxylic acids is 3. The van der Waals surface area contributed by atoms with Gasteiger partial charge in [-0.2, -0.15) is 0 Å². The molecule has 7 heteroatoms. The van der Waals surface area contributed by atoms with Crippen molar-refractivity contribution in [2.75, 3.05) is 0 Å². The van der Waals surface area contributed by atoms with Gasteiger partial charge in [-0.05, 0) is 37.6 Å². The average Bonchev–Trinajstić information content (AvgIpc) is 3.39. The zero-order valence-electron chi connectivity index (χ0n) is 17.5. The number of rotatable bonds is 6. The normalized spacial score (nSPS) is 29.5. The van der Waals surface area contributed by atoms with Gasteiger partial charge in [-0.3, -0.25) is 9.53 Å². The van der Waals surface area contributed by atoms with E-state index in [1.54, 1.807) is 30.8 Å². The highest BCUT2D eigenvalue weighted by molar-refractivity contribution is 7.99. The van der Waals surface area contributed by atoms with E-state index in [0.717, 1.165) is 9.79 Å². The summed E-state index contributed by atoms with van der Waals surface area (Å²) >= 11 is 1.63. The zero-order valence-corrected chi connectivity index (χ0v) is 18.3. The second-order valence-electron chi connectivity index (χ2n) is 8.49. The average molecular weight is 452 g/mol. The van der Waals surface area contributed by atoms with Gasteiger partial charge >= 0.3 is 17.9 Å². The Morgan fingerprint density at radius 3 is 2.47 bits per heavy atom. The molecule has 3 fully saturated rings. The van der Waals surface area contributed by atoms with Crippen molar-refractivity contribution >= 4 is 29.7 Å². The minimum Gasteiger partial charge on any atom is -0.458 e. The third kappa shape index (κ3) is 3.60. The lowest BCUT2D eigenvalue weighted by molar-refractivity contribution is -0.158. The zero-order chi connectivity index (χ0) is 22.4. The quantitative estimate of drug-likeness (QED) is 0.286. The van der Waals surface area contributed by atoms with Gasteiger partial charge in [-0.1, -0.05) is 36.5 Å². The number of hydrogen-bond donors (Lipinski definition) is 0. The number of fused-ring (bicyclic) bond motifs is 1. The lowest BCUT2D eigenvalue weighted by atomic mass is 9.78. The van der Waals surface area contributed by atoms with Gasteiger partial charge in [-0.25, -0.2) is 4.79 Å². The monoisotopic (exact) mass is 451 g/mol. The fourth-order valence-electron chi connectivity index (χ4n) is 5.10. The number of ether oxygens (including phenoxy) is 3. The van der Waals surface area contributed by atoms with Gasteiger partial charge in [0.15, 0.2) is 0 Å². The molecule has 6 atom stereocenters. The van der Waals surface area contributed by atoms with E-state index in [1.807, 2.05) is 42.5 Å². The Balaban J connectivity index is 1.29. The van der Waals surface area contributed by atoms with Crippen molar-refractivity contribution in [2.24, 2.45) is 23.7 Å². The number of hydrogen-bond acceptors (Lipinski definition) is 6. The molecule has 1 saturated heterocycles. The molecule has 0 spiro atoms. The Hall–Kier alpha value is -3.06. The van der Waals surface area contributed by atoms with Gasteiger partial charge in [-0.15, -0.1) is 0 Å². The summed E-state index contributed by atoms with van der Waals surface area (Å²) < 4.78 is 16.8. The van der Waals surface area contributed by atoms with Crippen LogP contribution in [0.2, 0.25) is 0 Å². The molecule has 2 saturated carbocycles. The van der Waals surface area contributed by atoms with Crippen LogP contribution in [-0.2, 0) is 19.1 Å². The van der Waals surface area contributed by atoms with E-state index in [1.165, 1.54) is 0 Å². The topological polar surface area (TPSA) is 83.2 Å². The molecular formula is C25H23O6S+. The van der Waals surface area contributed by atoms with Crippen LogP contribution in [0.15, 0.2) is 76.5 Å². The Bertz CT molecular complexity index is 1080. The first-order valence-corrected chi connectivity index (χ1v) is 11.4. The fourth-order valence-corrected chi connectivity index (χ4v) is 5.93. The van der Waals surface area contributed by atoms with Crippen molar-refractivity contribution in [3.05, 3.63) is 66.7 Å². The third-order valence-electron chi connectivity index (χ3n) is 6.45. The molecule has 0 radical (unpaired) electrons. The molecule has 2 aliphatic carbocycles. The van der Waals surface area contributed by atoms with E-state index in [4.69, 9.17) is 14.2 Å². The summed E-state index contributed by atoms with van der Waals surface area (Å²) in [4.78, 5) is 37.6. The second kappa shape index (κ2) is 8.13. The molecule has 2 bridgehead atoms. The highest BCUT2D eigenvalue weighted by atomic mass is 32.2. The molecule has 2 aromatic rings. The first-order chi connectivity index (χ1) is 15.4. The summed E-state index contributed by atoms with van der Waals surface area (Å²) in [5, 5.41) is 0. The van der Waals surface area contributed by atoms with Crippen LogP contribution in [0, 0.1) is 23.7 Å². The molecule has 1 aliphatic heterocycles. The second-order valence-corrected chi connectivity index (χ2v) is 9.64. The van der Waals surface area contributed by atoms with Gasteiger partial charge in [0.2, 0.25) is 5.75 Å². The van der Waals surface area contributed by atoms with Crippen molar-refractivity contribution in [3.8, 4) is 5.75 Å². The Morgan fingerprint density at radius 1 is 1.09 bits per heavy atom. The van der Waals surface area contributed by atoms with Gasteiger partial charge in [0.1, 0.15) is 18.1 Å². The summed E-state index contributed by atoms with van der Waals surface area (Å²) in [6.07, 6.45) is -0.425. The highest BCUT2D eigenvalue weighted by Gasteiger charge is 2.72. The van der Waals surface area contributed by atoms with Crippen LogP contribution in [-0.4, -0.2) is 34.9 Å². The predicted octanol–water partition coefficient (Wildman–Crippen LogP) is 4.01. The molecule has 2 aromatic carbocycles. The van der Waals surface area contributed by atoms with E-state index in [-0.39, 0.29) is 29.3 Å². The highest BCUT2D eigenvalue weighted by Crippen LogP contribution is 2.59. The van der Waals surface area contributed by atoms with Crippen molar-refractivity contribution in [2.45, 2.75) is 35.3 Å². The first-order valence-electron chi connectivity index (χ1n) is 10.6. The molecular weight excluding hydrogens is 428 g/mol. The standard InChI is InChI=1S/C25H22O6S/c1-13(2)23(26)30-21-17-12-18-20(25(28)31-22(18)21)19(17)24(27)29-14-8-10-16(11-9-14)32-15-6-4-3-5-7-15/h3-11,17-22H,1,12H2,2H3/p+1. The molecule has 164 valence electrons. The molecule has 6 unspecified atom stereocenters. The van der Waals surface area contributed by atoms with Crippen molar-refractivity contribution in [3.63, 3.8) is 0 Å². The smallest absolute Gasteiger partial charge is 0.458 e.